The Morgan fingerprint density at radius 3 is 2.34 bits per heavy atom. The monoisotopic (exact) mass is 472 g/mol. The van der Waals surface area contributed by atoms with Gasteiger partial charge in [-0.3, -0.25) is 19.2 Å². The van der Waals surface area contributed by atoms with Crippen molar-refractivity contribution in [3.8, 4) is 5.75 Å². The molecule has 2 heterocycles. The maximum absolute atomic E-state index is 13.0. The number of allylic oxidation sites excluding steroid dienone is 2. The molecule has 1 aliphatic carbocycles. The summed E-state index contributed by atoms with van der Waals surface area (Å²) in [4.78, 5) is 54.6. The zero-order valence-corrected chi connectivity index (χ0v) is 20.1. The van der Waals surface area contributed by atoms with Crippen molar-refractivity contribution in [3.05, 3.63) is 65.2 Å². The molecule has 180 valence electrons. The minimum absolute atomic E-state index is 0.0745. The smallest absolute Gasteiger partial charge is 0.316 e. The normalized spacial score (nSPS) is 24.0. The second kappa shape index (κ2) is 8.80. The lowest BCUT2D eigenvalue weighted by Gasteiger charge is -2.21. The highest BCUT2D eigenvalue weighted by atomic mass is 16.5. The number of carbonyl (C=O) groups excluding carboxylic acids is 4. The van der Waals surface area contributed by atoms with Crippen molar-refractivity contribution >= 4 is 35.1 Å². The van der Waals surface area contributed by atoms with Crippen LogP contribution in [0.2, 0.25) is 0 Å². The minimum Gasteiger partial charge on any atom is -0.426 e. The number of para-hydroxylation sites is 1. The van der Waals surface area contributed by atoms with Crippen LogP contribution in [0.1, 0.15) is 37.3 Å². The number of nitrogens with zero attached hydrogens (tertiary/aromatic N) is 2. The van der Waals surface area contributed by atoms with Gasteiger partial charge in [-0.1, -0.05) is 35.9 Å². The van der Waals surface area contributed by atoms with Crippen LogP contribution in [-0.4, -0.2) is 30.2 Å². The molecule has 0 unspecified atom stereocenters. The van der Waals surface area contributed by atoms with Gasteiger partial charge < -0.3 is 9.64 Å². The molecule has 7 nitrogen and oxygen atoms in total. The molecule has 3 atom stereocenters. The van der Waals surface area contributed by atoms with Gasteiger partial charge >= 0.3 is 5.97 Å². The van der Waals surface area contributed by atoms with Crippen molar-refractivity contribution in [2.45, 2.75) is 40.0 Å². The van der Waals surface area contributed by atoms with Crippen LogP contribution in [0.25, 0.3) is 0 Å². The number of ether oxygens (including phenoxy) is 1. The van der Waals surface area contributed by atoms with Gasteiger partial charge in [0.1, 0.15) is 5.75 Å². The average molecular weight is 473 g/mol. The highest BCUT2D eigenvalue weighted by molar-refractivity contribution is 6.22. The molecular weight excluding hydrogens is 444 g/mol. The molecule has 0 aromatic heterocycles. The van der Waals surface area contributed by atoms with E-state index in [1.807, 2.05) is 45.0 Å². The van der Waals surface area contributed by atoms with E-state index in [0.29, 0.717) is 18.5 Å². The Balaban J connectivity index is 1.31. The fraction of sp³-hybridized carbons (Fsp3) is 0.357. The number of rotatable bonds is 4. The summed E-state index contributed by atoms with van der Waals surface area (Å²) in [6.45, 7) is 6.12. The molecule has 3 amide bonds. The predicted molar refractivity (Wildman–Crippen MR) is 131 cm³/mol. The lowest BCUT2D eigenvalue weighted by molar-refractivity contribution is -0.139. The molecule has 0 spiro atoms. The summed E-state index contributed by atoms with van der Waals surface area (Å²) in [5, 5.41) is 0. The molecule has 2 aromatic rings. The quantitative estimate of drug-likeness (QED) is 0.289. The van der Waals surface area contributed by atoms with E-state index >= 15 is 0 Å². The van der Waals surface area contributed by atoms with E-state index in [0.717, 1.165) is 22.4 Å². The van der Waals surface area contributed by atoms with E-state index in [4.69, 9.17) is 4.74 Å². The van der Waals surface area contributed by atoms with Crippen molar-refractivity contribution in [2.75, 3.05) is 16.3 Å². The zero-order chi connectivity index (χ0) is 24.9. The Morgan fingerprint density at radius 1 is 0.914 bits per heavy atom. The van der Waals surface area contributed by atoms with Gasteiger partial charge in [-0.2, -0.15) is 0 Å². The van der Waals surface area contributed by atoms with Gasteiger partial charge in [-0.05, 0) is 56.9 Å². The van der Waals surface area contributed by atoms with Crippen LogP contribution in [0.3, 0.4) is 0 Å². The van der Waals surface area contributed by atoms with Crippen molar-refractivity contribution in [3.63, 3.8) is 0 Å². The minimum atomic E-state index is -0.600. The summed E-state index contributed by atoms with van der Waals surface area (Å²) in [7, 11) is 0. The molecule has 2 aromatic carbocycles. The second-order valence-corrected chi connectivity index (χ2v) is 9.78. The maximum atomic E-state index is 13.0. The van der Waals surface area contributed by atoms with Gasteiger partial charge in [-0.15, -0.1) is 0 Å². The van der Waals surface area contributed by atoms with E-state index in [9.17, 15) is 19.2 Å². The highest BCUT2D eigenvalue weighted by Crippen LogP contribution is 2.40. The van der Waals surface area contributed by atoms with Gasteiger partial charge in [0.25, 0.3) is 0 Å². The Kier molecular flexibility index (Phi) is 5.79. The number of carbonyl (C=O) groups is 4. The first-order chi connectivity index (χ1) is 16.7. The number of aryl methyl sites for hydroxylation is 2. The molecule has 0 radical (unpaired) electrons. The van der Waals surface area contributed by atoms with Gasteiger partial charge in [0, 0.05) is 24.7 Å². The lowest BCUT2D eigenvalue weighted by Crippen LogP contribution is -2.31. The first kappa shape index (κ1) is 23.0. The average Bonchev–Trinajstić information content (AvgIpc) is 3.31. The fourth-order valence-electron chi connectivity index (χ4n) is 5.49. The molecule has 0 saturated carbocycles. The molecule has 5 rings (SSSR count). The van der Waals surface area contributed by atoms with Crippen molar-refractivity contribution in [1.29, 1.82) is 0 Å². The molecule has 0 N–H and O–H groups in total. The maximum Gasteiger partial charge on any atom is 0.316 e. The van der Waals surface area contributed by atoms with E-state index < -0.39 is 11.9 Å². The van der Waals surface area contributed by atoms with Gasteiger partial charge in [0.05, 0.1) is 23.4 Å². The first-order valence-corrected chi connectivity index (χ1v) is 12.0. The SMILES string of the molecule is CC1=CC[C@@H]2C(=O)N(c3cccc(OC(=O)[C@H]4CC(=O)N(c5c(C)cccc5C)C4)c3)C(=O)[C@@H]2C1. The number of hydrogen-bond acceptors (Lipinski definition) is 5. The number of amides is 3. The zero-order valence-electron chi connectivity index (χ0n) is 20.1. The van der Waals surface area contributed by atoms with Crippen molar-refractivity contribution < 1.29 is 23.9 Å². The summed E-state index contributed by atoms with van der Waals surface area (Å²) >= 11 is 0. The largest absolute Gasteiger partial charge is 0.426 e. The second-order valence-electron chi connectivity index (χ2n) is 9.78. The van der Waals surface area contributed by atoms with Crippen LogP contribution in [0.4, 0.5) is 11.4 Å². The third-order valence-corrected chi connectivity index (χ3v) is 7.29. The van der Waals surface area contributed by atoms with Crippen molar-refractivity contribution in [2.24, 2.45) is 17.8 Å². The van der Waals surface area contributed by atoms with Crippen LogP contribution < -0.4 is 14.5 Å². The molecule has 2 aliphatic heterocycles. The number of esters is 1. The standard InChI is InChI=1S/C28H28N2O5/c1-16-10-11-22-23(12-16)27(33)30(26(22)32)20-8-5-9-21(14-20)35-28(34)19-13-24(31)29(15-19)25-17(2)6-4-7-18(25)3/h4-10,14,19,22-23H,11-13,15H2,1-3H3/t19-,22-,23+/m0/s1. The fourth-order valence-corrected chi connectivity index (χ4v) is 5.49. The molecule has 3 aliphatic rings. The van der Waals surface area contributed by atoms with E-state index in [2.05, 4.69) is 0 Å². The predicted octanol–water partition coefficient (Wildman–Crippen LogP) is 4.11. The van der Waals surface area contributed by atoms with Crippen LogP contribution >= 0.6 is 0 Å². The molecule has 2 saturated heterocycles. The third kappa shape index (κ3) is 4.05. The van der Waals surface area contributed by atoms with E-state index in [1.54, 1.807) is 29.2 Å². The van der Waals surface area contributed by atoms with Gasteiger partial charge in [0.2, 0.25) is 17.7 Å². The van der Waals surface area contributed by atoms with E-state index in [1.165, 1.54) is 4.90 Å². The Labute approximate surface area is 204 Å². The number of anilines is 2. The molecule has 2 fully saturated rings. The molecule has 7 heteroatoms. The summed E-state index contributed by atoms with van der Waals surface area (Å²) in [6.07, 6.45) is 3.26. The van der Waals surface area contributed by atoms with Gasteiger partial charge in [0.15, 0.2) is 0 Å². The van der Waals surface area contributed by atoms with Crippen LogP contribution in [0.5, 0.6) is 5.75 Å². The lowest BCUT2D eigenvalue weighted by atomic mass is 9.82. The summed E-state index contributed by atoms with van der Waals surface area (Å²) in [5.41, 5.74) is 4.32. The summed E-state index contributed by atoms with van der Waals surface area (Å²) in [6, 6.07) is 12.3. The Morgan fingerprint density at radius 2 is 1.60 bits per heavy atom. The summed E-state index contributed by atoms with van der Waals surface area (Å²) in [5.74, 6) is -2.06. The van der Waals surface area contributed by atoms with Crippen molar-refractivity contribution in [1.82, 2.24) is 0 Å². The number of fused-ring (bicyclic) bond motifs is 1. The molecule has 35 heavy (non-hydrogen) atoms. The number of hydrogen-bond donors (Lipinski definition) is 0. The van der Waals surface area contributed by atoms with Crippen LogP contribution in [0, 0.1) is 31.6 Å². The van der Waals surface area contributed by atoms with Crippen LogP contribution in [-0.2, 0) is 19.2 Å². The number of benzene rings is 2. The summed E-state index contributed by atoms with van der Waals surface area (Å²) < 4.78 is 5.62. The molecule has 0 bridgehead atoms. The third-order valence-electron chi connectivity index (χ3n) is 7.29. The number of imide groups is 1. The first-order valence-electron chi connectivity index (χ1n) is 12.0. The highest BCUT2D eigenvalue weighted by Gasteiger charge is 2.48. The topological polar surface area (TPSA) is 84.0 Å². The van der Waals surface area contributed by atoms with Gasteiger partial charge in [-0.25, -0.2) is 4.90 Å². The van der Waals surface area contributed by atoms with E-state index in [-0.39, 0.29) is 48.3 Å². The Hall–Kier alpha value is -3.74. The molecular formula is C28H28N2O5. The Bertz CT molecular complexity index is 1260. The van der Waals surface area contributed by atoms with Crippen LogP contribution in [0.15, 0.2) is 54.1 Å².